The number of benzene rings is 2. The Labute approximate surface area is 151 Å². The summed E-state index contributed by atoms with van der Waals surface area (Å²) < 4.78 is 0. The molecule has 132 valence electrons. The number of hydrogen-bond acceptors (Lipinski definition) is 4. The van der Waals surface area contributed by atoms with Gasteiger partial charge in [-0.1, -0.05) is 55.1 Å². The van der Waals surface area contributed by atoms with Gasteiger partial charge >= 0.3 is 11.9 Å². The molecule has 2 aromatic carbocycles. The van der Waals surface area contributed by atoms with E-state index < -0.39 is 11.9 Å². The van der Waals surface area contributed by atoms with Crippen LogP contribution in [0.15, 0.2) is 76.5 Å². The molecule has 4 N–H and O–H groups in total. The van der Waals surface area contributed by atoms with Crippen molar-refractivity contribution in [2.24, 2.45) is 5.73 Å². The van der Waals surface area contributed by atoms with E-state index in [1.165, 1.54) is 15.4 Å². The Morgan fingerprint density at radius 1 is 1.00 bits per heavy atom. The highest BCUT2D eigenvalue weighted by Gasteiger charge is 2.09. The van der Waals surface area contributed by atoms with Crippen molar-refractivity contribution in [3.8, 4) is 0 Å². The molecule has 0 saturated carbocycles. The number of hydrogen-bond donors (Lipinski definition) is 3. The lowest BCUT2D eigenvalue weighted by Gasteiger charge is -2.14. The molecule has 0 saturated heterocycles. The molecule has 6 heteroatoms. The number of carboxylic acid groups (broad SMARTS) is 2. The lowest BCUT2D eigenvalue weighted by molar-refractivity contribution is -0.134. The summed E-state index contributed by atoms with van der Waals surface area (Å²) in [6.45, 7) is 2.86. The Bertz CT molecular complexity index is 700. The molecule has 0 fully saturated rings. The third-order valence-electron chi connectivity index (χ3n) is 3.14. The van der Waals surface area contributed by atoms with E-state index >= 15 is 0 Å². The summed E-state index contributed by atoms with van der Waals surface area (Å²) in [4.78, 5) is 21.7. The van der Waals surface area contributed by atoms with Gasteiger partial charge in [-0.15, -0.1) is 0 Å². The molecule has 0 bridgehead atoms. The standard InChI is InChI=1S/C15H17NS.C4H4O4/c1-12(11-16)14-9-5-6-10-15(14)17-13-7-3-2-4-8-13;5-3(6)1-2-4(7)8/h2-10,12H,11,16H2,1H3;1-2H,(H,5,6)(H,7,8)/b;2-1+. The Morgan fingerprint density at radius 2 is 1.52 bits per heavy atom. The van der Waals surface area contributed by atoms with E-state index in [0.717, 1.165) is 0 Å². The van der Waals surface area contributed by atoms with Crippen molar-refractivity contribution < 1.29 is 19.8 Å². The number of nitrogens with two attached hydrogens (primary N) is 1. The fourth-order valence-electron chi connectivity index (χ4n) is 1.87. The van der Waals surface area contributed by atoms with Gasteiger partial charge in [0.2, 0.25) is 0 Å². The van der Waals surface area contributed by atoms with Crippen LogP contribution in [0.2, 0.25) is 0 Å². The van der Waals surface area contributed by atoms with Crippen molar-refractivity contribution in [1.29, 1.82) is 0 Å². The second-order valence-electron chi connectivity index (χ2n) is 5.10. The summed E-state index contributed by atoms with van der Waals surface area (Å²) >= 11 is 1.80. The third-order valence-corrected chi connectivity index (χ3v) is 4.24. The van der Waals surface area contributed by atoms with Crippen LogP contribution in [0.1, 0.15) is 18.4 Å². The molecule has 25 heavy (non-hydrogen) atoms. The molecule has 0 aliphatic carbocycles. The van der Waals surface area contributed by atoms with Gasteiger partial charge in [0.1, 0.15) is 0 Å². The zero-order chi connectivity index (χ0) is 18.7. The van der Waals surface area contributed by atoms with E-state index in [2.05, 4.69) is 55.5 Å². The molecular formula is C19H21NO4S. The van der Waals surface area contributed by atoms with E-state index in [9.17, 15) is 9.59 Å². The maximum Gasteiger partial charge on any atom is 0.328 e. The van der Waals surface area contributed by atoms with Crippen LogP contribution < -0.4 is 5.73 Å². The van der Waals surface area contributed by atoms with E-state index in [1.54, 1.807) is 11.8 Å². The SMILES string of the molecule is CC(CN)c1ccccc1Sc1ccccc1.O=C(O)/C=C/C(=O)O. The van der Waals surface area contributed by atoms with Crippen LogP contribution in [0.4, 0.5) is 0 Å². The van der Waals surface area contributed by atoms with Crippen molar-refractivity contribution in [2.45, 2.75) is 22.6 Å². The molecule has 0 heterocycles. The average molecular weight is 359 g/mol. The summed E-state index contributed by atoms with van der Waals surface area (Å²) in [5.74, 6) is -2.11. The average Bonchev–Trinajstić information content (AvgIpc) is 2.61. The van der Waals surface area contributed by atoms with E-state index in [4.69, 9.17) is 15.9 Å². The van der Waals surface area contributed by atoms with Crippen LogP contribution in [-0.4, -0.2) is 28.7 Å². The van der Waals surface area contributed by atoms with Crippen molar-refractivity contribution >= 4 is 23.7 Å². The molecule has 0 aliphatic rings. The molecular weight excluding hydrogens is 338 g/mol. The number of rotatable bonds is 6. The molecule has 0 aromatic heterocycles. The minimum Gasteiger partial charge on any atom is -0.478 e. The molecule has 0 aliphatic heterocycles. The van der Waals surface area contributed by atoms with Gasteiger partial charge in [-0.25, -0.2) is 9.59 Å². The summed E-state index contributed by atoms with van der Waals surface area (Å²) in [6, 6.07) is 18.9. The van der Waals surface area contributed by atoms with Crippen LogP contribution in [0, 0.1) is 0 Å². The normalized spacial score (nSPS) is 11.4. The Balaban J connectivity index is 0.000000333. The fourth-order valence-corrected chi connectivity index (χ4v) is 2.95. The maximum atomic E-state index is 9.55. The predicted octanol–water partition coefficient (Wildman–Crippen LogP) is 3.61. The smallest absolute Gasteiger partial charge is 0.328 e. The minimum atomic E-state index is -1.26. The van der Waals surface area contributed by atoms with Gasteiger partial charge in [-0.3, -0.25) is 0 Å². The highest BCUT2D eigenvalue weighted by molar-refractivity contribution is 7.99. The highest BCUT2D eigenvalue weighted by atomic mass is 32.2. The van der Waals surface area contributed by atoms with E-state index in [1.807, 2.05) is 6.07 Å². The molecule has 1 atom stereocenters. The Kier molecular flexibility index (Phi) is 9.06. The fraction of sp³-hybridized carbons (Fsp3) is 0.158. The second-order valence-corrected chi connectivity index (χ2v) is 6.21. The summed E-state index contributed by atoms with van der Waals surface area (Å²) in [5, 5.41) is 15.6. The van der Waals surface area contributed by atoms with Crippen molar-refractivity contribution in [2.75, 3.05) is 6.54 Å². The third kappa shape index (κ3) is 8.19. The van der Waals surface area contributed by atoms with Gasteiger partial charge in [0.15, 0.2) is 0 Å². The van der Waals surface area contributed by atoms with Gasteiger partial charge in [0.25, 0.3) is 0 Å². The van der Waals surface area contributed by atoms with Gasteiger partial charge in [-0.05, 0) is 36.2 Å². The summed E-state index contributed by atoms with van der Waals surface area (Å²) in [7, 11) is 0. The van der Waals surface area contributed by atoms with Crippen molar-refractivity contribution in [1.82, 2.24) is 0 Å². The summed E-state index contributed by atoms with van der Waals surface area (Å²) in [6.07, 6.45) is 1.12. The molecule has 1 unspecified atom stereocenters. The predicted molar refractivity (Wildman–Crippen MR) is 98.9 cm³/mol. The number of carbonyl (C=O) groups is 2. The van der Waals surface area contributed by atoms with Crippen LogP contribution in [-0.2, 0) is 9.59 Å². The maximum absolute atomic E-state index is 9.55. The van der Waals surface area contributed by atoms with Gasteiger partial charge in [0, 0.05) is 21.9 Å². The Hall–Kier alpha value is -2.57. The molecule has 2 rings (SSSR count). The van der Waals surface area contributed by atoms with Crippen LogP contribution in [0.25, 0.3) is 0 Å². The molecule has 2 aromatic rings. The van der Waals surface area contributed by atoms with E-state index in [0.29, 0.717) is 24.6 Å². The zero-order valence-corrected chi connectivity index (χ0v) is 14.6. The lowest BCUT2D eigenvalue weighted by atomic mass is 10.0. The van der Waals surface area contributed by atoms with E-state index in [-0.39, 0.29) is 0 Å². The zero-order valence-electron chi connectivity index (χ0n) is 13.8. The molecule has 0 spiro atoms. The molecule has 0 amide bonds. The molecule has 0 radical (unpaired) electrons. The first-order valence-electron chi connectivity index (χ1n) is 7.59. The number of carboxylic acids is 2. The minimum absolute atomic E-state index is 0.405. The van der Waals surface area contributed by atoms with Crippen molar-refractivity contribution in [3.05, 3.63) is 72.3 Å². The largest absolute Gasteiger partial charge is 0.478 e. The van der Waals surface area contributed by atoms with Gasteiger partial charge < -0.3 is 15.9 Å². The first kappa shape index (κ1) is 20.5. The van der Waals surface area contributed by atoms with Gasteiger partial charge in [0.05, 0.1) is 0 Å². The Morgan fingerprint density at radius 3 is 2.04 bits per heavy atom. The second kappa shape index (κ2) is 11.1. The monoisotopic (exact) mass is 359 g/mol. The first-order chi connectivity index (χ1) is 11.9. The lowest BCUT2D eigenvalue weighted by Crippen LogP contribution is -2.09. The number of aliphatic carboxylic acids is 2. The van der Waals surface area contributed by atoms with Crippen molar-refractivity contribution in [3.63, 3.8) is 0 Å². The van der Waals surface area contributed by atoms with Crippen LogP contribution >= 0.6 is 11.8 Å². The van der Waals surface area contributed by atoms with Gasteiger partial charge in [-0.2, -0.15) is 0 Å². The summed E-state index contributed by atoms with van der Waals surface area (Å²) in [5.41, 5.74) is 7.09. The highest BCUT2D eigenvalue weighted by Crippen LogP contribution is 2.33. The first-order valence-corrected chi connectivity index (χ1v) is 8.41. The van der Waals surface area contributed by atoms with Crippen LogP contribution in [0.5, 0.6) is 0 Å². The quantitative estimate of drug-likeness (QED) is 0.681. The van der Waals surface area contributed by atoms with Crippen LogP contribution in [0.3, 0.4) is 0 Å². The topological polar surface area (TPSA) is 101 Å². The molecule has 5 nitrogen and oxygen atoms in total.